The number of thiazole rings is 1. The fourth-order valence-corrected chi connectivity index (χ4v) is 3.14. The molecule has 1 amide bonds. The van der Waals surface area contributed by atoms with Crippen LogP contribution in [0.25, 0.3) is 0 Å². The molecule has 2 atom stereocenters. The number of carbonyl (C=O) groups excluding carboxylic acids is 1. The number of hydrogen-bond donors (Lipinski definition) is 1. The number of halogens is 2. The van der Waals surface area contributed by atoms with E-state index in [0.29, 0.717) is 18.5 Å². The molecule has 0 aromatic carbocycles. The molecule has 0 aliphatic carbocycles. The predicted octanol–water partition coefficient (Wildman–Crippen LogP) is 2.83. The lowest BCUT2D eigenvalue weighted by Gasteiger charge is -2.38. The molecule has 1 saturated heterocycles. The van der Waals surface area contributed by atoms with Gasteiger partial charge in [-0.05, 0) is 33.6 Å². The number of nitrogens with zero attached hydrogens (tertiary/aromatic N) is 2. The Hall–Kier alpha value is -0.360. The Bertz CT molecular complexity index is 442. The first kappa shape index (κ1) is 20.6. The Labute approximate surface area is 143 Å². The van der Waals surface area contributed by atoms with E-state index in [-0.39, 0.29) is 30.7 Å². The van der Waals surface area contributed by atoms with Gasteiger partial charge in [-0.25, -0.2) is 4.98 Å². The highest BCUT2D eigenvalue weighted by atomic mass is 35.5. The van der Waals surface area contributed by atoms with Crippen LogP contribution in [0, 0.1) is 6.92 Å². The summed E-state index contributed by atoms with van der Waals surface area (Å²) >= 11 is 1.68. The van der Waals surface area contributed by atoms with Crippen LogP contribution in [0.5, 0.6) is 0 Å². The topological polar surface area (TPSA) is 45.2 Å². The maximum Gasteiger partial charge on any atom is 0.222 e. The van der Waals surface area contributed by atoms with E-state index in [1.54, 1.807) is 11.3 Å². The van der Waals surface area contributed by atoms with Gasteiger partial charge in [0.2, 0.25) is 5.91 Å². The quantitative estimate of drug-likeness (QED) is 0.904. The molecule has 0 spiro atoms. The fourth-order valence-electron chi connectivity index (χ4n) is 2.50. The lowest BCUT2D eigenvalue weighted by atomic mass is 10.1. The molecule has 1 aromatic rings. The number of nitrogens with one attached hydrogen (secondary N) is 1. The molecule has 0 radical (unpaired) electrons. The normalized spacial score (nSPS) is 21.4. The van der Waals surface area contributed by atoms with Crippen molar-refractivity contribution < 1.29 is 4.79 Å². The summed E-state index contributed by atoms with van der Waals surface area (Å²) in [4.78, 5) is 18.7. The van der Waals surface area contributed by atoms with Crippen molar-refractivity contribution in [3.8, 4) is 0 Å². The van der Waals surface area contributed by atoms with Crippen molar-refractivity contribution in [2.45, 2.75) is 52.1 Å². The first-order valence-corrected chi connectivity index (χ1v) is 7.89. The van der Waals surface area contributed by atoms with Gasteiger partial charge in [-0.3, -0.25) is 4.79 Å². The average molecular weight is 354 g/mol. The molecule has 122 valence electrons. The highest BCUT2D eigenvalue weighted by Crippen LogP contribution is 2.14. The second-order valence-electron chi connectivity index (χ2n) is 5.28. The Kier molecular flexibility index (Phi) is 9.45. The second kappa shape index (κ2) is 9.62. The molecule has 0 saturated carbocycles. The summed E-state index contributed by atoms with van der Waals surface area (Å²) < 4.78 is 0. The number of carbonyl (C=O) groups is 1. The van der Waals surface area contributed by atoms with Crippen LogP contribution in [0.4, 0.5) is 0 Å². The van der Waals surface area contributed by atoms with E-state index >= 15 is 0 Å². The molecule has 1 aliphatic heterocycles. The molecular formula is C14H25Cl2N3OS. The summed E-state index contributed by atoms with van der Waals surface area (Å²) in [5.74, 6) is 0.285. The van der Waals surface area contributed by atoms with Gasteiger partial charge >= 0.3 is 0 Å². The minimum atomic E-state index is 0. The van der Waals surface area contributed by atoms with E-state index in [0.717, 1.165) is 36.6 Å². The van der Waals surface area contributed by atoms with Gasteiger partial charge in [0.05, 0.1) is 10.7 Å². The predicted molar refractivity (Wildman–Crippen MR) is 92.9 cm³/mol. The lowest BCUT2D eigenvalue weighted by molar-refractivity contribution is -0.134. The van der Waals surface area contributed by atoms with Gasteiger partial charge in [-0.15, -0.1) is 36.2 Å². The van der Waals surface area contributed by atoms with Crippen LogP contribution in [0.1, 0.15) is 37.4 Å². The highest BCUT2D eigenvalue weighted by Gasteiger charge is 2.27. The molecular weight excluding hydrogens is 329 g/mol. The molecule has 4 nitrogen and oxygen atoms in total. The minimum absolute atomic E-state index is 0. The van der Waals surface area contributed by atoms with Crippen molar-refractivity contribution in [2.24, 2.45) is 0 Å². The van der Waals surface area contributed by atoms with Gasteiger partial charge in [-0.1, -0.05) is 0 Å². The van der Waals surface area contributed by atoms with Crippen LogP contribution in [-0.4, -0.2) is 41.0 Å². The van der Waals surface area contributed by atoms with Crippen LogP contribution in [0.2, 0.25) is 0 Å². The largest absolute Gasteiger partial charge is 0.337 e. The van der Waals surface area contributed by atoms with Gasteiger partial charge in [-0.2, -0.15) is 0 Å². The van der Waals surface area contributed by atoms with Gasteiger partial charge in [0, 0.05) is 37.0 Å². The monoisotopic (exact) mass is 353 g/mol. The fraction of sp³-hybridized carbons (Fsp3) is 0.714. The third kappa shape index (κ3) is 5.74. The van der Waals surface area contributed by atoms with Crippen molar-refractivity contribution in [3.63, 3.8) is 0 Å². The van der Waals surface area contributed by atoms with Crippen LogP contribution >= 0.6 is 36.2 Å². The molecule has 7 heteroatoms. The third-order valence-corrected chi connectivity index (χ3v) is 4.67. The number of piperazine rings is 1. The molecule has 2 rings (SSSR count). The van der Waals surface area contributed by atoms with E-state index in [2.05, 4.69) is 29.5 Å². The van der Waals surface area contributed by atoms with Crippen molar-refractivity contribution >= 4 is 42.1 Å². The molecule has 1 N–H and O–H groups in total. The Morgan fingerprint density at radius 1 is 1.48 bits per heavy atom. The van der Waals surface area contributed by atoms with E-state index in [4.69, 9.17) is 0 Å². The summed E-state index contributed by atoms with van der Waals surface area (Å²) in [6, 6.07) is 0.682. The zero-order chi connectivity index (χ0) is 13.8. The van der Waals surface area contributed by atoms with Crippen molar-refractivity contribution in [1.29, 1.82) is 0 Å². The first-order chi connectivity index (χ1) is 9.08. The van der Waals surface area contributed by atoms with Gasteiger partial charge < -0.3 is 10.2 Å². The lowest BCUT2D eigenvalue weighted by Crippen LogP contribution is -2.57. The third-order valence-electron chi connectivity index (χ3n) is 3.84. The van der Waals surface area contributed by atoms with Crippen molar-refractivity contribution in [1.82, 2.24) is 15.2 Å². The summed E-state index contributed by atoms with van der Waals surface area (Å²) in [7, 11) is 0. The summed E-state index contributed by atoms with van der Waals surface area (Å²) in [5, 5.41) is 6.59. The number of hydrogen-bond acceptors (Lipinski definition) is 4. The second-order valence-corrected chi connectivity index (χ2v) is 6.34. The minimum Gasteiger partial charge on any atom is -0.337 e. The Morgan fingerprint density at radius 2 is 2.19 bits per heavy atom. The molecule has 21 heavy (non-hydrogen) atoms. The molecule has 2 heterocycles. The van der Waals surface area contributed by atoms with E-state index < -0.39 is 0 Å². The van der Waals surface area contributed by atoms with E-state index in [1.165, 1.54) is 0 Å². The number of aromatic nitrogens is 1. The summed E-state index contributed by atoms with van der Waals surface area (Å²) in [6.45, 7) is 8.02. The number of aryl methyl sites for hydroxylation is 2. The Balaban J connectivity index is 0.00000200. The SMILES string of the molecule is Cc1nc(CCCC(=O)N2CCNC(C)C2C)cs1.Cl.Cl. The summed E-state index contributed by atoms with van der Waals surface area (Å²) in [5.41, 5.74) is 1.12. The van der Waals surface area contributed by atoms with Gasteiger partial charge in [0.25, 0.3) is 0 Å². The molecule has 1 aliphatic rings. The molecule has 1 fully saturated rings. The number of amides is 1. The molecule has 1 aromatic heterocycles. The smallest absolute Gasteiger partial charge is 0.222 e. The summed E-state index contributed by atoms with van der Waals surface area (Å²) in [6.07, 6.45) is 2.44. The van der Waals surface area contributed by atoms with Crippen LogP contribution in [-0.2, 0) is 11.2 Å². The van der Waals surface area contributed by atoms with Gasteiger partial charge in [0.15, 0.2) is 0 Å². The zero-order valence-corrected chi connectivity index (χ0v) is 15.2. The maximum atomic E-state index is 12.2. The zero-order valence-electron chi connectivity index (χ0n) is 12.8. The van der Waals surface area contributed by atoms with E-state index in [9.17, 15) is 4.79 Å². The molecule has 0 bridgehead atoms. The standard InChI is InChI=1S/C14H23N3OS.2ClH/c1-10-11(2)17(8-7-15-10)14(18)6-4-5-13-9-19-12(3)16-13;;/h9-11,15H,4-8H2,1-3H3;2*1H. The van der Waals surface area contributed by atoms with Crippen molar-refractivity contribution in [2.75, 3.05) is 13.1 Å². The molecule has 2 unspecified atom stereocenters. The van der Waals surface area contributed by atoms with Crippen molar-refractivity contribution in [3.05, 3.63) is 16.1 Å². The number of rotatable bonds is 4. The van der Waals surface area contributed by atoms with Crippen LogP contribution < -0.4 is 5.32 Å². The van der Waals surface area contributed by atoms with Crippen LogP contribution in [0.3, 0.4) is 0 Å². The maximum absolute atomic E-state index is 12.2. The van der Waals surface area contributed by atoms with Gasteiger partial charge in [0.1, 0.15) is 0 Å². The van der Waals surface area contributed by atoms with E-state index in [1.807, 2.05) is 11.8 Å². The van der Waals surface area contributed by atoms with Crippen LogP contribution in [0.15, 0.2) is 5.38 Å². The Morgan fingerprint density at radius 3 is 2.81 bits per heavy atom. The first-order valence-electron chi connectivity index (χ1n) is 7.02. The highest BCUT2D eigenvalue weighted by molar-refractivity contribution is 7.09. The average Bonchev–Trinajstić information content (AvgIpc) is 2.78.